The van der Waals surface area contributed by atoms with E-state index in [2.05, 4.69) is 36.6 Å². The molecule has 0 aliphatic carbocycles. The van der Waals surface area contributed by atoms with Gasteiger partial charge < -0.3 is 45.1 Å². The number of epoxide rings is 1. The summed E-state index contributed by atoms with van der Waals surface area (Å²) in [5, 5.41) is 29.0. The number of carbonyl (C=O) groups excluding carboxylic acids is 5. The summed E-state index contributed by atoms with van der Waals surface area (Å²) in [5.74, 6) is -1.12. The van der Waals surface area contributed by atoms with E-state index >= 15 is 0 Å². The lowest BCUT2D eigenvalue weighted by Crippen LogP contribution is -2.48. The molecule has 4 rings (SSSR count). The highest BCUT2D eigenvalue weighted by Gasteiger charge is 2.57. The molecule has 2 saturated heterocycles. The number of aliphatic carboxylic acids is 1. The zero-order valence-electron chi connectivity index (χ0n) is 36.4. The van der Waals surface area contributed by atoms with Crippen LogP contribution in [-0.4, -0.2) is 133 Å². The highest BCUT2D eigenvalue weighted by Crippen LogP contribution is 2.46. The number of unbranched alkanes of at least 4 members (excludes halogenated alkanes) is 2. The van der Waals surface area contributed by atoms with Crippen LogP contribution in [0.2, 0.25) is 5.02 Å². The minimum Gasteiger partial charge on any atom is -0.495 e. The molecule has 17 heteroatoms. The Balaban J connectivity index is 0.000000616. The number of carboxylic acid groups (broad SMARTS) is 1. The first-order valence-corrected chi connectivity index (χ1v) is 20.3. The molecule has 60 heavy (non-hydrogen) atoms. The molecule has 5 N–H and O–H groups in total. The number of ether oxygens (including phenoxy) is 3. The predicted octanol–water partition coefficient (Wildman–Crippen LogP) is 4.59. The van der Waals surface area contributed by atoms with E-state index < -0.39 is 12.0 Å². The van der Waals surface area contributed by atoms with Crippen LogP contribution in [0.4, 0.5) is 4.79 Å². The third kappa shape index (κ3) is 17.4. The third-order valence-corrected chi connectivity index (χ3v) is 10.7. The van der Waals surface area contributed by atoms with Gasteiger partial charge >= 0.3 is 12.1 Å². The Morgan fingerprint density at radius 3 is 2.33 bits per heavy atom. The van der Waals surface area contributed by atoms with Crippen LogP contribution in [0.1, 0.15) is 84.6 Å². The molecule has 3 aliphatic rings. The molecule has 3 aliphatic heterocycles. The Labute approximate surface area is 358 Å². The van der Waals surface area contributed by atoms with E-state index in [9.17, 15) is 28.8 Å². The van der Waals surface area contributed by atoms with Crippen LogP contribution in [0.25, 0.3) is 0 Å². The van der Waals surface area contributed by atoms with Crippen LogP contribution < -0.4 is 15.4 Å². The SMILES string of the molecule is CC(C(=O)O)N(C)C(=O)CCCCCN1C(=O)C=CC1=O.CNC(=O)CCC1(C)OC1[C@H](C)C1CC(C/C=C/C=C(\C)Cc2ccc(Cl)c(OC)c2)NC(=O)O1.CO.CO. The Morgan fingerprint density at radius 2 is 1.73 bits per heavy atom. The molecular weight excluding hydrogens is 800 g/mol. The number of imide groups is 1. The lowest BCUT2D eigenvalue weighted by atomic mass is 9.86. The number of likely N-dealkylation sites (N-methyl/N-ethyl adjacent to an activating group) is 1. The van der Waals surface area contributed by atoms with Crippen LogP contribution in [0, 0.1) is 5.92 Å². The van der Waals surface area contributed by atoms with Gasteiger partial charge in [-0.1, -0.05) is 54.8 Å². The summed E-state index contributed by atoms with van der Waals surface area (Å²) < 4.78 is 16.8. The fourth-order valence-corrected chi connectivity index (χ4v) is 6.80. The molecule has 0 aromatic heterocycles. The lowest BCUT2D eigenvalue weighted by molar-refractivity contribution is -0.148. The number of benzene rings is 1. The zero-order chi connectivity index (χ0) is 45.6. The Kier molecular flexibility index (Phi) is 24.1. The molecule has 0 radical (unpaired) electrons. The van der Waals surface area contributed by atoms with Crippen molar-refractivity contribution in [1.82, 2.24) is 20.4 Å². The van der Waals surface area contributed by atoms with Gasteiger partial charge in [0.1, 0.15) is 17.9 Å². The van der Waals surface area contributed by atoms with E-state index in [0.29, 0.717) is 49.4 Å². The van der Waals surface area contributed by atoms with Crippen molar-refractivity contribution in [2.45, 2.75) is 115 Å². The number of hydrogen-bond donors (Lipinski definition) is 5. The molecule has 5 unspecified atom stereocenters. The molecule has 1 aromatic rings. The largest absolute Gasteiger partial charge is 0.495 e. The van der Waals surface area contributed by atoms with Gasteiger partial charge in [0.2, 0.25) is 11.8 Å². The highest BCUT2D eigenvalue weighted by atomic mass is 35.5. The van der Waals surface area contributed by atoms with Gasteiger partial charge in [0.15, 0.2) is 0 Å². The van der Waals surface area contributed by atoms with Crippen molar-refractivity contribution in [3.05, 3.63) is 64.7 Å². The molecule has 0 spiro atoms. The van der Waals surface area contributed by atoms with Crippen molar-refractivity contribution in [2.24, 2.45) is 5.92 Å². The van der Waals surface area contributed by atoms with E-state index in [-0.39, 0.29) is 65.9 Å². The van der Waals surface area contributed by atoms with Gasteiger partial charge in [0, 0.05) is 78.2 Å². The van der Waals surface area contributed by atoms with Crippen LogP contribution in [0.3, 0.4) is 0 Å². The topological polar surface area (TPSA) is 225 Å². The molecule has 5 amide bonds. The average Bonchev–Trinajstić information content (AvgIpc) is 3.82. The minimum absolute atomic E-state index is 0.00468. The molecule has 2 fully saturated rings. The number of aliphatic hydroxyl groups is 2. The number of halogens is 1. The minimum atomic E-state index is -1.04. The van der Waals surface area contributed by atoms with E-state index in [1.54, 1.807) is 14.2 Å². The van der Waals surface area contributed by atoms with Crippen LogP contribution in [0.5, 0.6) is 5.75 Å². The number of aliphatic hydroxyl groups excluding tert-OH is 2. The van der Waals surface area contributed by atoms with Crippen LogP contribution >= 0.6 is 11.6 Å². The van der Waals surface area contributed by atoms with Crippen LogP contribution in [-0.2, 0) is 39.9 Å². The van der Waals surface area contributed by atoms with E-state index in [1.165, 1.54) is 41.5 Å². The number of hydrogen-bond acceptors (Lipinski definition) is 11. The summed E-state index contributed by atoms with van der Waals surface area (Å²) in [4.78, 5) is 71.2. The fourth-order valence-electron chi connectivity index (χ4n) is 6.61. The number of carbonyl (C=O) groups is 6. The van der Waals surface area contributed by atoms with Crippen LogP contribution in [0.15, 0.2) is 54.2 Å². The second-order valence-electron chi connectivity index (χ2n) is 14.7. The molecule has 0 bridgehead atoms. The van der Waals surface area contributed by atoms with Gasteiger partial charge in [-0.15, -0.1) is 0 Å². The Bertz CT molecular complexity index is 1670. The molecule has 16 nitrogen and oxygen atoms in total. The number of nitrogens with zero attached hydrogens (tertiary/aromatic N) is 2. The predicted molar refractivity (Wildman–Crippen MR) is 227 cm³/mol. The van der Waals surface area contributed by atoms with Gasteiger partial charge in [-0.2, -0.15) is 0 Å². The molecule has 3 heterocycles. The summed E-state index contributed by atoms with van der Waals surface area (Å²) in [6, 6.07) is 4.96. The van der Waals surface area contributed by atoms with Gasteiger partial charge in [-0.3, -0.25) is 24.1 Å². The molecule has 0 saturated carbocycles. The second-order valence-corrected chi connectivity index (χ2v) is 15.1. The number of nitrogens with one attached hydrogen (secondary N) is 2. The summed E-state index contributed by atoms with van der Waals surface area (Å²) in [6.45, 7) is 7.97. The van der Waals surface area contributed by atoms with E-state index in [0.717, 1.165) is 39.0 Å². The van der Waals surface area contributed by atoms with Crippen molar-refractivity contribution >= 4 is 47.3 Å². The number of cyclic esters (lactones) is 1. The van der Waals surface area contributed by atoms with Gasteiger partial charge in [0.25, 0.3) is 11.8 Å². The smallest absolute Gasteiger partial charge is 0.407 e. The summed E-state index contributed by atoms with van der Waals surface area (Å²) in [6.07, 6.45) is 13.5. The molecular formula is C43H65ClN4O12. The molecule has 1 aromatic carbocycles. The number of rotatable bonds is 19. The number of carboxylic acids is 1. The quantitative estimate of drug-likeness (QED) is 0.0558. The lowest BCUT2D eigenvalue weighted by Gasteiger charge is -2.33. The first-order valence-electron chi connectivity index (χ1n) is 19.9. The average molecular weight is 865 g/mol. The molecule has 6 atom stereocenters. The summed E-state index contributed by atoms with van der Waals surface area (Å²) in [7, 11) is 6.71. The highest BCUT2D eigenvalue weighted by molar-refractivity contribution is 6.32. The van der Waals surface area contributed by atoms with Crippen molar-refractivity contribution in [3.63, 3.8) is 0 Å². The summed E-state index contributed by atoms with van der Waals surface area (Å²) >= 11 is 6.10. The van der Waals surface area contributed by atoms with Crippen molar-refractivity contribution in [2.75, 3.05) is 42.0 Å². The standard InChI is InChI=1S/C27H37ClN2O5.C14H20N2O5.2CH4O/c1-17(14-19-10-11-21(28)23(15-19)33-5)8-6-7-9-20-16-22(34-26(32)30-20)18(2)25-27(3,35-25)13-12-24(31)29-4;1-10(14(20)21)15(2)11(17)6-4-3-5-9-16-12(18)7-8-13(16)19;2*1-2/h6-8,10-11,15,18,20,22,25H,9,12-14,16H2,1-5H3,(H,29,31)(H,30,32);7-8,10H,3-6,9H2,1-2H3,(H,20,21);2*2H,1H3/b7-6+,17-8+;;;/t18-,20?,22?,25?,27?;;;/m1.../s1. The van der Waals surface area contributed by atoms with Crippen molar-refractivity contribution < 1.29 is 58.3 Å². The number of methoxy groups -OCH3 is 1. The maximum atomic E-state index is 12.2. The van der Waals surface area contributed by atoms with Crippen molar-refractivity contribution in [3.8, 4) is 5.75 Å². The summed E-state index contributed by atoms with van der Waals surface area (Å²) in [5.41, 5.74) is 2.00. The van der Waals surface area contributed by atoms with Crippen molar-refractivity contribution in [1.29, 1.82) is 0 Å². The first-order chi connectivity index (χ1) is 28.5. The number of alkyl carbamates (subject to hydrolysis) is 1. The zero-order valence-corrected chi connectivity index (χ0v) is 37.1. The monoisotopic (exact) mass is 864 g/mol. The Hall–Kier alpha value is -4.77. The maximum absolute atomic E-state index is 12.2. The van der Waals surface area contributed by atoms with Gasteiger partial charge in [-0.05, 0) is 70.6 Å². The molecule has 336 valence electrons. The normalized spacial score (nSPS) is 21.5. The maximum Gasteiger partial charge on any atom is 0.407 e. The number of amides is 5. The van der Waals surface area contributed by atoms with Gasteiger partial charge in [0.05, 0.1) is 23.8 Å². The second kappa shape index (κ2) is 27.2. The fraction of sp³-hybridized carbons (Fsp3) is 0.581. The number of allylic oxidation sites excluding steroid dienone is 3. The van der Waals surface area contributed by atoms with E-state index in [1.807, 2.05) is 31.2 Å². The Morgan fingerprint density at radius 1 is 1.08 bits per heavy atom. The van der Waals surface area contributed by atoms with E-state index in [4.69, 9.17) is 41.1 Å². The van der Waals surface area contributed by atoms with Gasteiger partial charge in [-0.25, -0.2) is 9.59 Å². The first kappa shape index (κ1) is 53.2. The third-order valence-electron chi connectivity index (χ3n) is 10.4.